The molecule has 1 aliphatic heterocycles. The lowest BCUT2D eigenvalue weighted by molar-refractivity contribution is 0.313. The van der Waals surface area contributed by atoms with E-state index in [1.54, 1.807) is 0 Å². The van der Waals surface area contributed by atoms with Gasteiger partial charge in [0.25, 0.3) is 0 Å². The van der Waals surface area contributed by atoms with E-state index in [0.29, 0.717) is 12.0 Å². The van der Waals surface area contributed by atoms with Crippen LogP contribution in [-0.4, -0.2) is 60.7 Å². The zero-order valence-corrected chi connectivity index (χ0v) is 19.2. The highest BCUT2D eigenvalue weighted by atomic mass is 15.3. The summed E-state index contributed by atoms with van der Waals surface area (Å²) in [5, 5.41) is 12.4. The quantitative estimate of drug-likeness (QED) is 0.656. The van der Waals surface area contributed by atoms with E-state index < -0.39 is 0 Å². The maximum Gasteiger partial charge on any atom is 0.229 e. The number of hydrogen-bond donors (Lipinski definition) is 1. The largest absolute Gasteiger partial charge is 0.369 e. The van der Waals surface area contributed by atoms with Crippen molar-refractivity contribution in [3.8, 4) is 6.07 Å². The van der Waals surface area contributed by atoms with Gasteiger partial charge in [0, 0.05) is 68.0 Å². The Hall–Kier alpha value is -3.11. The van der Waals surface area contributed by atoms with Crippen molar-refractivity contribution in [1.82, 2.24) is 14.9 Å². The monoisotopic (exact) mass is 431 g/mol. The molecule has 168 valence electrons. The molecule has 2 aromatic rings. The van der Waals surface area contributed by atoms with Gasteiger partial charge >= 0.3 is 0 Å². The molecule has 7 heteroatoms. The first kappa shape index (κ1) is 22.1. The van der Waals surface area contributed by atoms with Crippen molar-refractivity contribution in [3.63, 3.8) is 0 Å². The summed E-state index contributed by atoms with van der Waals surface area (Å²) >= 11 is 0. The standard InChI is InChI=1S/C25H33N7/c1-3-32(23-8-4-5-9-23)24-20(7-6-14-26)19-27-25(29-24)28-21-10-12-22(13-11-21)31-17-15-30(2)16-18-31/h6-7,10-13,19,23H,3-5,8-9,15-18H2,1-2H3,(H,27,28,29)/b7-6+. The Bertz CT molecular complexity index is 949. The molecule has 1 saturated carbocycles. The minimum atomic E-state index is 0.500. The number of anilines is 4. The zero-order valence-electron chi connectivity index (χ0n) is 19.2. The van der Waals surface area contributed by atoms with E-state index in [9.17, 15) is 0 Å². The van der Waals surface area contributed by atoms with E-state index in [1.165, 1.54) is 37.4 Å². The van der Waals surface area contributed by atoms with Crippen molar-refractivity contribution in [3.05, 3.63) is 42.1 Å². The Kier molecular flexibility index (Phi) is 7.23. The molecule has 0 spiro atoms. The normalized spacial score (nSPS) is 17.6. The number of rotatable bonds is 7. The first-order chi connectivity index (χ1) is 15.7. The second kappa shape index (κ2) is 10.5. The smallest absolute Gasteiger partial charge is 0.229 e. The molecule has 2 fully saturated rings. The minimum Gasteiger partial charge on any atom is -0.369 e. The fraction of sp³-hybridized carbons (Fsp3) is 0.480. The molecule has 7 nitrogen and oxygen atoms in total. The molecule has 1 N–H and O–H groups in total. The van der Waals surface area contributed by atoms with Crippen LogP contribution in [0.4, 0.5) is 23.1 Å². The van der Waals surface area contributed by atoms with Crippen molar-refractivity contribution in [2.75, 3.05) is 54.9 Å². The number of nitriles is 1. The Morgan fingerprint density at radius 2 is 1.88 bits per heavy atom. The van der Waals surface area contributed by atoms with Gasteiger partial charge in [0.05, 0.1) is 6.07 Å². The number of nitrogens with one attached hydrogen (secondary N) is 1. The summed E-state index contributed by atoms with van der Waals surface area (Å²) in [6.45, 7) is 7.36. The maximum atomic E-state index is 9.00. The molecule has 1 saturated heterocycles. The van der Waals surface area contributed by atoms with E-state index in [2.05, 4.69) is 69.3 Å². The average Bonchev–Trinajstić information content (AvgIpc) is 3.35. The molecule has 1 aromatic carbocycles. The van der Waals surface area contributed by atoms with Crippen LogP contribution in [0.25, 0.3) is 6.08 Å². The Morgan fingerprint density at radius 1 is 1.16 bits per heavy atom. The number of benzene rings is 1. The fourth-order valence-corrected chi connectivity index (χ4v) is 4.66. The van der Waals surface area contributed by atoms with Crippen LogP contribution in [0.1, 0.15) is 38.2 Å². The topological polar surface area (TPSA) is 71.3 Å². The third-order valence-electron chi connectivity index (χ3n) is 6.50. The van der Waals surface area contributed by atoms with Crippen LogP contribution in [0.3, 0.4) is 0 Å². The minimum absolute atomic E-state index is 0.500. The Morgan fingerprint density at radius 3 is 2.53 bits per heavy atom. The summed E-state index contributed by atoms with van der Waals surface area (Å²) in [4.78, 5) is 16.6. The predicted molar refractivity (Wildman–Crippen MR) is 131 cm³/mol. The Balaban J connectivity index is 1.53. The van der Waals surface area contributed by atoms with Crippen molar-refractivity contribution in [2.24, 2.45) is 0 Å². The van der Waals surface area contributed by atoms with Gasteiger partial charge in [0.15, 0.2) is 0 Å². The number of nitrogens with zero attached hydrogens (tertiary/aromatic N) is 6. The highest BCUT2D eigenvalue weighted by Crippen LogP contribution is 2.30. The number of aromatic nitrogens is 2. The lowest BCUT2D eigenvalue weighted by Gasteiger charge is -2.34. The van der Waals surface area contributed by atoms with Crippen LogP contribution in [0.2, 0.25) is 0 Å². The predicted octanol–water partition coefficient (Wildman–Crippen LogP) is 4.28. The molecule has 32 heavy (non-hydrogen) atoms. The van der Waals surface area contributed by atoms with Crippen LogP contribution >= 0.6 is 0 Å². The van der Waals surface area contributed by atoms with Crippen LogP contribution < -0.4 is 15.1 Å². The van der Waals surface area contributed by atoms with Gasteiger partial charge in [-0.05, 0) is 57.2 Å². The summed E-state index contributed by atoms with van der Waals surface area (Å²) in [7, 11) is 2.17. The van der Waals surface area contributed by atoms with Gasteiger partial charge in [0.2, 0.25) is 5.95 Å². The third-order valence-corrected chi connectivity index (χ3v) is 6.50. The van der Waals surface area contributed by atoms with Crippen LogP contribution in [0.5, 0.6) is 0 Å². The maximum absolute atomic E-state index is 9.00. The highest BCUT2D eigenvalue weighted by molar-refractivity contribution is 5.68. The molecule has 2 aliphatic rings. The molecule has 1 aromatic heterocycles. The molecule has 4 rings (SSSR count). The first-order valence-electron chi connectivity index (χ1n) is 11.7. The van der Waals surface area contributed by atoms with E-state index >= 15 is 0 Å². The zero-order chi connectivity index (χ0) is 22.3. The average molecular weight is 432 g/mol. The molecule has 2 heterocycles. The SMILES string of the molecule is CCN(c1nc(Nc2ccc(N3CCN(C)CC3)cc2)ncc1/C=C/C#N)C1CCCC1. The van der Waals surface area contributed by atoms with E-state index in [-0.39, 0.29) is 0 Å². The molecule has 0 atom stereocenters. The van der Waals surface area contributed by atoms with Crippen molar-refractivity contribution in [1.29, 1.82) is 5.26 Å². The molecule has 1 aliphatic carbocycles. The van der Waals surface area contributed by atoms with Gasteiger partial charge in [-0.25, -0.2) is 4.98 Å². The second-order valence-corrected chi connectivity index (χ2v) is 8.62. The Labute approximate surface area is 191 Å². The van der Waals surface area contributed by atoms with E-state index in [0.717, 1.165) is 49.8 Å². The summed E-state index contributed by atoms with van der Waals surface area (Å²) in [6.07, 6.45) is 10.0. The van der Waals surface area contributed by atoms with Crippen LogP contribution in [0.15, 0.2) is 36.5 Å². The van der Waals surface area contributed by atoms with Gasteiger partial charge in [-0.1, -0.05) is 12.8 Å². The number of likely N-dealkylation sites (N-methyl/N-ethyl adjacent to an activating group) is 1. The lowest BCUT2D eigenvalue weighted by atomic mass is 10.1. The van der Waals surface area contributed by atoms with Crippen molar-refractivity contribution in [2.45, 2.75) is 38.6 Å². The van der Waals surface area contributed by atoms with Crippen LogP contribution in [-0.2, 0) is 0 Å². The molecule has 0 radical (unpaired) electrons. The molecule has 0 unspecified atom stereocenters. The van der Waals surface area contributed by atoms with Crippen molar-refractivity contribution < 1.29 is 0 Å². The fourth-order valence-electron chi connectivity index (χ4n) is 4.66. The summed E-state index contributed by atoms with van der Waals surface area (Å²) in [6, 6.07) is 11.1. The lowest BCUT2D eigenvalue weighted by Crippen LogP contribution is -2.44. The number of hydrogen-bond acceptors (Lipinski definition) is 7. The van der Waals surface area contributed by atoms with Crippen LogP contribution in [0, 0.1) is 11.3 Å². The molecular formula is C25H33N7. The molecule has 0 bridgehead atoms. The van der Waals surface area contributed by atoms with Gasteiger partial charge in [-0.2, -0.15) is 10.2 Å². The van der Waals surface area contributed by atoms with Crippen molar-refractivity contribution >= 4 is 29.2 Å². The summed E-state index contributed by atoms with van der Waals surface area (Å²) < 4.78 is 0. The second-order valence-electron chi connectivity index (χ2n) is 8.62. The van der Waals surface area contributed by atoms with Gasteiger partial charge in [-0.3, -0.25) is 0 Å². The summed E-state index contributed by atoms with van der Waals surface area (Å²) in [5.74, 6) is 1.48. The summed E-state index contributed by atoms with van der Waals surface area (Å²) in [5.41, 5.74) is 3.11. The first-order valence-corrected chi connectivity index (χ1v) is 11.7. The highest BCUT2D eigenvalue weighted by Gasteiger charge is 2.24. The van der Waals surface area contributed by atoms with Gasteiger partial charge in [0.1, 0.15) is 5.82 Å². The number of piperazine rings is 1. The molecular weight excluding hydrogens is 398 g/mol. The van der Waals surface area contributed by atoms with E-state index in [4.69, 9.17) is 10.2 Å². The van der Waals surface area contributed by atoms with E-state index in [1.807, 2.05) is 12.3 Å². The van der Waals surface area contributed by atoms with Gasteiger partial charge in [-0.15, -0.1) is 0 Å². The third kappa shape index (κ3) is 5.20. The van der Waals surface area contributed by atoms with Gasteiger partial charge < -0.3 is 20.0 Å². The molecule has 0 amide bonds. The number of allylic oxidation sites excluding steroid dienone is 1.